The molecule has 2 fully saturated rings. The zero-order valence-corrected chi connectivity index (χ0v) is 23.7. The molecular weight excluding hydrogens is 514 g/mol. The van der Waals surface area contributed by atoms with Crippen molar-refractivity contribution in [2.45, 2.75) is 61.9 Å². The molecule has 3 aliphatic rings. The van der Waals surface area contributed by atoms with Crippen LogP contribution in [0, 0.1) is 5.41 Å². The van der Waals surface area contributed by atoms with Crippen molar-refractivity contribution in [2.75, 3.05) is 46.4 Å². The van der Waals surface area contributed by atoms with Gasteiger partial charge in [-0.25, -0.2) is 13.1 Å². The molecule has 212 valence electrons. The molecule has 1 saturated carbocycles. The molecule has 0 aromatic heterocycles. The van der Waals surface area contributed by atoms with Crippen molar-refractivity contribution in [1.29, 1.82) is 0 Å². The van der Waals surface area contributed by atoms with Gasteiger partial charge in [0.05, 0.1) is 19.1 Å². The minimum Gasteiger partial charge on any atom is -0.492 e. The second kappa shape index (κ2) is 12.0. The molecule has 0 radical (unpaired) electrons. The number of likely N-dealkylation sites (tertiary alicyclic amines) is 1. The molecular formula is C30H41N3O5S. The summed E-state index contributed by atoms with van der Waals surface area (Å²) in [6.45, 7) is 2.57. The van der Waals surface area contributed by atoms with E-state index in [-0.39, 0.29) is 22.8 Å². The molecule has 1 amide bonds. The average Bonchev–Trinajstić information content (AvgIpc) is 3.46. The van der Waals surface area contributed by atoms with Crippen molar-refractivity contribution < 1.29 is 23.1 Å². The number of β-amino-alcohol motifs (C(OH)–C–C–N with tert-alkyl or cyclic N) is 1. The lowest BCUT2D eigenvalue weighted by atomic mass is 9.78. The number of nitrogens with zero attached hydrogens (tertiary/aromatic N) is 2. The zero-order valence-electron chi connectivity index (χ0n) is 22.8. The lowest BCUT2D eigenvalue weighted by Crippen LogP contribution is -2.51. The molecule has 1 unspecified atom stereocenters. The van der Waals surface area contributed by atoms with Gasteiger partial charge in [0.15, 0.2) is 0 Å². The van der Waals surface area contributed by atoms with Crippen molar-refractivity contribution in [3.8, 4) is 5.75 Å². The Morgan fingerprint density at radius 1 is 1.10 bits per heavy atom. The second-order valence-electron chi connectivity index (χ2n) is 11.7. The van der Waals surface area contributed by atoms with E-state index in [0.717, 1.165) is 36.8 Å². The summed E-state index contributed by atoms with van der Waals surface area (Å²) in [4.78, 5) is 17.1. The first-order chi connectivity index (χ1) is 18.7. The molecule has 2 aliphatic heterocycles. The molecule has 1 spiro atoms. The highest BCUT2D eigenvalue weighted by Crippen LogP contribution is 2.39. The minimum atomic E-state index is -3.86. The Kier molecular flexibility index (Phi) is 8.61. The van der Waals surface area contributed by atoms with E-state index in [0.29, 0.717) is 50.9 Å². The van der Waals surface area contributed by atoms with Gasteiger partial charge in [0.25, 0.3) is 0 Å². The van der Waals surface area contributed by atoms with E-state index in [1.165, 1.54) is 12.8 Å². The maximum Gasteiger partial charge on any atom is 0.244 e. The number of ether oxygens (including phenoxy) is 1. The van der Waals surface area contributed by atoms with E-state index < -0.39 is 16.1 Å². The van der Waals surface area contributed by atoms with Crippen LogP contribution >= 0.6 is 0 Å². The van der Waals surface area contributed by atoms with E-state index in [1.807, 2.05) is 54.4 Å². The number of piperidine rings is 1. The SMILES string of the molecule is CN1CC(O)CNS(=O)(=O)c2ccc(C3CCCC3)cc2OCC2(CCN(C(=O)Cc3ccccc3)CC2)C1. The van der Waals surface area contributed by atoms with Gasteiger partial charge in [-0.15, -0.1) is 0 Å². The van der Waals surface area contributed by atoms with Gasteiger partial charge in [-0.3, -0.25) is 4.79 Å². The third-order valence-corrected chi connectivity index (χ3v) is 10.1. The molecule has 8 nitrogen and oxygen atoms in total. The maximum absolute atomic E-state index is 13.2. The molecule has 1 saturated heterocycles. The Hall–Kier alpha value is -2.46. The lowest BCUT2D eigenvalue weighted by Gasteiger charge is -2.44. The Labute approximate surface area is 232 Å². The van der Waals surface area contributed by atoms with Gasteiger partial charge >= 0.3 is 0 Å². The standard InChI is InChI=1S/C30H41N3O5S/c1-32-20-26(34)19-31-39(36,37)28-12-11-25(24-9-5-6-10-24)18-27(28)38-22-30(21-32)13-15-33(16-14-30)29(35)17-23-7-3-2-4-8-23/h2-4,7-8,11-12,18,24,26,31,34H,5-6,9-10,13-17,19-22H2,1H3. The first-order valence-electron chi connectivity index (χ1n) is 14.2. The van der Waals surface area contributed by atoms with E-state index >= 15 is 0 Å². The Bertz CT molecular complexity index is 1240. The van der Waals surface area contributed by atoms with Crippen molar-refractivity contribution in [1.82, 2.24) is 14.5 Å². The largest absolute Gasteiger partial charge is 0.492 e. The number of fused-ring (bicyclic) bond motifs is 1. The van der Waals surface area contributed by atoms with Crippen LogP contribution in [-0.2, 0) is 21.2 Å². The Balaban J connectivity index is 1.37. The Morgan fingerprint density at radius 2 is 1.82 bits per heavy atom. The average molecular weight is 556 g/mol. The Morgan fingerprint density at radius 3 is 2.54 bits per heavy atom. The number of hydrogen-bond acceptors (Lipinski definition) is 6. The molecule has 2 aromatic rings. The summed E-state index contributed by atoms with van der Waals surface area (Å²) in [5.41, 5.74) is 1.87. The number of likely N-dealkylation sites (N-methyl/N-ethyl adjacent to an activating group) is 1. The van der Waals surface area contributed by atoms with Crippen LogP contribution in [0.25, 0.3) is 0 Å². The highest BCUT2D eigenvalue weighted by atomic mass is 32.2. The van der Waals surface area contributed by atoms with Crippen LogP contribution in [0.5, 0.6) is 5.75 Å². The fraction of sp³-hybridized carbons (Fsp3) is 0.567. The monoisotopic (exact) mass is 555 g/mol. The summed E-state index contributed by atoms with van der Waals surface area (Å²) >= 11 is 0. The third kappa shape index (κ3) is 6.82. The summed E-state index contributed by atoms with van der Waals surface area (Å²) in [7, 11) is -1.91. The topological polar surface area (TPSA) is 99.2 Å². The van der Waals surface area contributed by atoms with Gasteiger partial charge in [0, 0.05) is 38.1 Å². The predicted molar refractivity (Wildman–Crippen MR) is 150 cm³/mol. The number of aliphatic hydroxyl groups excluding tert-OH is 1. The molecule has 9 heteroatoms. The predicted octanol–water partition coefficient (Wildman–Crippen LogP) is 3.16. The van der Waals surface area contributed by atoms with Crippen molar-refractivity contribution >= 4 is 15.9 Å². The van der Waals surface area contributed by atoms with Gasteiger partial charge in [-0.05, 0) is 61.9 Å². The van der Waals surface area contributed by atoms with Gasteiger partial charge in [0.1, 0.15) is 10.6 Å². The number of carbonyl (C=O) groups excluding carboxylic acids is 1. The van der Waals surface area contributed by atoms with Crippen molar-refractivity contribution in [3.05, 3.63) is 59.7 Å². The first-order valence-corrected chi connectivity index (χ1v) is 15.7. The number of rotatable bonds is 3. The smallest absolute Gasteiger partial charge is 0.244 e. The number of amides is 1. The fourth-order valence-electron chi connectivity index (χ4n) is 6.41. The second-order valence-corrected chi connectivity index (χ2v) is 13.5. The zero-order chi connectivity index (χ0) is 27.5. The molecule has 2 aromatic carbocycles. The highest BCUT2D eigenvalue weighted by molar-refractivity contribution is 7.89. The van der Waals surface area contributed by atoms with Crippen molar-refractivity contribution in [3.63, 3.8) is 0 Å². The van der Waals surface area contributed by atoms with Crippen LogP contribution in [0.3, 0.4) is 0 Å². The van der Waals surface area contributed by atoms with Gasteiger partial charge in [-0.2, -0.15) is 0 Å². The van der Waals surface area contributed by atoms with E-state index in [4.69, 9.17) is 4.74 Å². The van der Waals surface area contributed by atoms with Crippen LogP contribution in [0.2, 0.25) is 0 Å². The quantitative estimate of drug-likeness (QED) is 0.604. The van der Waals surface area contributed by atoms with Gasteiger partial charge < -0.3 is 19.6 Å². The number of carbonyl (C=O) groups is 1. The first kappa shape index (κ1) is 28.1. The summed E-state index contributed by atoms with van der Waals surface area (Å²) in [6.07, 6.45) is 5.64. The van der Waals surface area contributed by atoms with Crippen molar-refractivity contribution in [2.24, 2.45) is 5.41 Å². The van der Waals surface area contributed by atoms with E-state index in [1.54, 1.807) is 6.07 Å². The van der Waals surface area contributed by atoms with Crippen LogP contribution < -0.4 is 9.46 Å². The molecule has 0 bridgehead atoms. The summed E-state index contributed by atoms with van der Waals surface area (Å²) in [5, 5.41) is 10.6. The molecule has 2 heterocycles. The van der Waals surface area contributed by atoms with E-state index in [9.17, 15) is 18.3 Å². The number of sulfonamides is 1. The number of nitrogens with one attached hydrogen (secondary N) is 1. The minimum absolute atomic E-state index is 0.0642. The molecule has 1 atom stereocenters. The third-order valence-electron chi connectivity index (χ3n) is 8.63. The molecule has 39 heavy (non-hydrogen) atoms. The molecule has 2 N–H and O–H groups in total. The van der Waals surface area contributed by atoms with Crippen LogP contribution in [0.1, 0.15) is 55.6 Å². The fourth-order valence-corrected chi connectivity index (χ4v) is 7.61. The van der Waals surface area contributed by atoms with Crippen LogP contribution in [0.15, 0.2) is 53.4 Å². The van der Waals surface area contributed by atoms with Crippen LogP contribution in [-0.4, -0.2) is 81.7 Å². The number of aliphatic hydroxyl groups is 1. The van der Waals surface area contributed by atoms with E-state index in [2.05, 4.69) is 9.62 Å². The maximum atomic E-state index is 13.2. The summed E-state index contributed by atoms with van der Waals surface area (Å²) < 4.78 is 35.5. The summed E-state index contributed by atoms with van der Waals surface area (Å²) in [5.74, 6) is 0.931. The summed E-state index contributed by atoms with van der Waals surface area (Å²) in [6, 6.07) is 15.3. The van der Waals surface area contributed by atoms with Gasteiger partial charge in [-0.1, -0.05) is 49.2 Å². The van der Waals surface area contributed by atoms with Gasteiger partial charge in [0.2, 0.25) is 15.9 Å². The van der Waals surface area contributed by atoms with Crippen LogP contribution in [0.4, 0.5) is 0 Å². The highest BCUT2D eigenvalue weighted by Gasteiger charge is 2.39. The number of benzene rings is 2. The lowest BCUT2D eigenvalue weighted by molar-refractivity contribution is -0.133. The number of hydrogen-bond donors (Lipinski definition) is 2. The molecule has 1 aliphatic carbocycles. The normalized spacial score (nSPS) is 24.4. The molecule has 5 rings (SSSR count).